The Morgan fingerprint density at radius 1 is 1.00 bits per heavy atom. The molecule has 0 spiro atoms. The van der Waals surface area contributed by atoms with E-state index in [1.54, 1.807) is 42.5 Å². The van der Waals surface area contributed by atoms with Gasteiger partial charge in [0.2, 0.25) is 0 Å². The molecule has 2 aromatic rings. The summed E-state index contributed by atoms with van der Waals surface area (Å²) < 4.78 is 16.3. The highest BCUT2D eigenvalue weighted by molar-refractivity contribution is 5.95. The number of amides is 1. The van der Waals surface area contributed by atoms with Crippen LogP contribution in [0.1, 0.15) is 31.1 Å². The monoisotopic (exact) mass is 371 g/mol. The van der Waals surface area contributed by atoms with Crippen molar-refractivity contribution in [3.05, 3.63) is 54.1 Å². The molecule has 0 radical (unpaired) electrons. The number of rotatable bonds is 9. The summed E-state index contributed by atoms with van der Waals surface area (Å²) in [6.45, 7) is 6.56. The molecule has 27 heavy (non-hydrogen) atoms. The van der Waals surface area contributed by atoms with Crippen LogP contribution in [-0.4, -0.2) is 31.7 Å². The second-order valence-electron chi connectivity index (χ2n) is 6.29. The first-order chi connectivity index (χ1) is 13.0. The van der Waals surface area contributed by atoms with Crippen molar-refractivity contribution in [2.75, 3.05) is 25.1 Å². The molecule has 0 aliphatic rings. The second kappa shape index (κ2) is 10.2. The van der Waals surface area contributed by atoms with E-state index < -0.39 is 11.9 Å². The molecule has 0 aliphatic heterocycles. The lowest BCUT2D eigenvalue weighted by atomic mass is 10.2. The normalized spacial score (nSPS) is 10.4. The average molecular weight is 371 g/mol. The molecule has 0 bridgehead atoms. The molecule has 144 valence electrons. The lowest BCUT2D eigenvalue weighted by Gasteiger charge is -2.14. The van der Waals surface area contributed by atoms with Crippen LogP contribution >= 0.6 is 0 Å². The molecule has 2 rings (SSSR count). The van der Waals surface area contributed by atoms with Gasteiger partial charge in [-0.1, -0.05) is 32.0 Å². The smallest absolute Gasteiger partial charge is 0.338 e. The van der Waals surface area contributed by atoms with Crippen molar-refractivity contribution in [2.24, 2.45) is 5.92 Å². The quantitative estimate of drug-likeness (QED) is 0.677. The Hall–Kier alpha value is -3.02. The van der Waals surface area contributed by atoms with Gasteiger partial charge in [0.1, 0.15) is 0 Å². The minimum atomic E-state index is -0.602. The SMILES string of the molecule is CCOc1cc(C(=O)OCC(=O)Nc2ccccc2)ccc1OCC(C)C. The summed E-state index contributed by atoms with van der Waals surface area (Å²) in [5, 5.41) is 2.66. The van der Waals surface area contributed by atoms with Gasteiger partial charge < -0.3 is 19.5 Å². The number of carbonyl (C=O) groups excluding carboxylic acids is 2. The molecule has 1 amide bonds. The zero-order valence-electron chi connectivity index (χ0n) is 15.9. The Bertz CT molecular complexity index is 758. The summed E-state index contributed by atoms with van der Waals surface area (Å²) in [6, 6.07) is 13.8. The Morgan fingerprint density at radius 3 is 2.41 bits per heavy atom. The van der Waals surface area contributed by atoms with Gasteiger partial charge in [0, 0.05) is 5.69 Å². The summed E-state index contributed by atoms with van der Waals surface area (Å²) in [6.07, 6.45) is 0. The van der Waals surface area contributed by atoms with E-state index >= 15 is 0 Å². The van der Waals surface area contributed by atoms with Gasteiger partial charge in [-0.25, -0.2) is 4.79 Å². The minimum absolute atomic E-state index is 0.294. The van der Waals surface area contributed by atoms with Crippen LogP contribution in [0.2, 0.25) is 0 Å². The summed E-state index contributed by atoms with van der Waals surface area (Å²) in [7, 11) is 0. The third-order valence-corrected chi connectivity index (χ3v) is 3.44. The molecule has 0 aliphatic carbocycles. The van der Waals surface area contributed by atoms with Crippen LogP contribution in [0.15, 0.2) is 48.5 Å². The van der Waals surface area contributed by atoms with Crippen LogP contribution in [0.25, 0.3) is 0 Å². The summed E-state index contributed by atoms with van der Waals surface area (Å²) in [5.74, 6) is 0.406. The molecule has 0 aromatic heterocycles. The highest BCUT2D eigenvalue weighted by Gasteiger charge is 2.15. The molecule has 6 nitrogen and oxygen atoms in total. The van der Waals surface area contributed by atoms with Crippen molar-refractivity contribution in [3.8, 4) is 11.5 Å². The van der Waals surface area contributed by atoms with Gasteiger partial charge in [-0.15, -0.1) is 0 Å². The highest BCUT2D eigenvalue weighted by Crippen LogP contribution is 2.29. The third kappa shape index (κ3) is 6.66. The van der Waals surface area contributed by atoms with Crippen molar-refractivity contribution < 1.29 is 23.8 Å². The van der Waals surface area contributed by atoms with Crippen LogP contribution in [-0.2, 0) is 9.53 Å². The number of benzene rings is 2. The zero-order chi connectivity index (χ0) is 19.6. The van der Waals surface area contributed by atoms with Gasteiger partial charge in [-0.2, -0.15) is 0 Å². The number of hydrogen-bond donors (Lipinski definition) is 1. The first-order valence-corrected chi connectivity index (χ1v) is 8.91. The van der Waals surface area contributed by atoms with E-state index in [-0.39, 0.29) is 6.61 Å². The standard InChI is InChI=1S/C21H25NO5/c1-4-25-19-12-16(10-11-18(19)26-13-15(2)3)21(24)27-14-20(23)22-17-8-6-5-7-9-17/h5-12,15H,4,13-14H2,1-3H3,(H,22,23). The predicted molar refractivity (Wildman–Crippen MR) is 103 cm³/mol. The number of carbonyl (C=O) groups is 2. The first-order valence-electron chi connectivity index (χ1n) is 8.91. The van der Waals surface area contributed by atoms with Gasteiger partial charge >= 0.3 is 5.97 Å². The maximum atomic E-state index is 12.2. The summed E-state index contributed by atoms with van der Waals surface area (Å²) in [4.78, 5) is 24.1. The first kappa shape index (κ1) is 20.3. The van der Waals surface area contributed by atoms with E-state index in [1.807, 2.05) is 26.8 Å². The number of para-hydroxylation sites is 1. The van der Waals surface area contributed by atoms with E-state index in [9.17, 15) is 9.59 Å². The fraction of sp³-hybridized carbons (Fsp3) is 0.333. The van der Waals surface area contributed by atoms with Crippen molar-refractivity contribution in [1.82, 2.24) is 0 Å². The Kier molecular flexibility index (Phi) is 7.67. The van der Waals surface area contributed by atoms with Crippen LogP contribution in [0.4, 0.5) is 5.69 Å². The van der Waals surface area contributed by atoms with E-state index in [2.05, 4.69) is 5.32 Å². The highest BCUT2D eigenvalue weighted by atomic mass is 16.5. The number of esters is 1. The fourth-order valence-electron chi connectivity index (χ4n) is 2.21. The van der Waals surface area contributed by atoms with E-state index in [4.69, 9.17) is 14.2 Å². The molecular weight excluding hydrogens is 346 g/mol. The van der Waals surface area contributed by atoms with E-state index in [0.29, 0.717) is 41.9 Å². The molecule has 2 aromatic carbocycles. The molecule has 0 fully saturated rings. The topological polar surface area (TPSA) is 73.9 Å². The molecule has 0 atom stereocenters. The van der Waals surface area contributed by atoms with Crippen LogP contribution in [0.3, 0.4) is 0 Å². The Labute approximate surface area is 159 Å². The van der Waals surface area contributed by atoms with Crippen molar-refractivity contribution in [2.45, 2.75) is 20.8 Å². The zero-order valence-corrected chi connectivity index (χ0v) is 15.9. The number of nitrogens with one attached hydrogen (secondary N) is 1. The lowest BCUT2D eigenvalue weighted by molar-refractivity contribution is -0.119. The lowest BCUT2D eigenvalue weighted by Crippen LogP contribution is -2.21. The number of ether oxygens (including phenoxy) is 3. The fourth-order valence-corrected chi connectivity index (χ4v) is 2.21. The Balaban J connectivity index is 1.96. The van der Waals surface area contributed by atoms with Gasteiger partial charge in [0.25, 0.3) is 5.91 Å². The van der Waals surface area contributed by atoms with Crippen molar-refractivity contribution in [3.63, 3.8) is 0 Å². The van der Waals surface area contributed by atoms with Gasteiger partial charge in [-0.3, -0.25) is 4.79 Å². The van der Waals surface area contributed by atoms with Crippen LogP contribution in [0.5, 0.6) is 11.5 Å². The second-order valence-corrected chi connectivity index (χ2v) is 6.29. The summed E-state index contributed by atoms with van der Waals surface area (Å²) in [5.41, 5.74) is 0.937. The molecule has 0 heterocycles. The van der Waals surface area contributed by atoms with E-state index in [1.165, 1.54) is 0 Å². The van der Waals surface area contributed by atoms with Gasteiger partial charge in [-0.05, 0) is 43.2 Å². The molecule has 0 saturated heterocycles. The number of anilines is 1. The minimum Gasteiger partial charge on any atom is -0.490 e. The molecular formula is C21H25NO5. The molecule has 0 unspecified atom stereocenters. The third-order valence-electron chi connectivity index (χ3n) is 3.44. The van der Waals surface area contributed by atoms with Crippen LogP contribution in [0, 0.1) is 5.92 Å². The largest absolute Gasteiger partial charge is 0.490 e. The van der Waals surface area contributed by atoms with Crippen molar-refractivity contribution >= 4 is 17.6 Å². The maximum absolute atomic E-state index is 12.2. The molecule has 0 saturated carbocycles. The maximum Gasteiger partial charge on any atom is 0.338 e. The van der Waals surface area contributed by atoms with Gasteiger partial charge in [0.15, 0.2) is 18.1 Å². The average Bonchev–Trinajstić information content (AvgIpc) is 2.66. The Morgan fingerprint density at radius 2 is 1.74 bits per heavy atom. The van der Waals surface area contributed by atoms with Crippen molar-refractivity contribution in [1.29, 1.82) is 0 Å². The number of hydrogen-bond acceptors (Lipinski definition) is 5. The van der Waals surface area contributed by atoms with E-state index in [0.717, 1.165) is 0 Å². The van der Waals surface area contributed by atoms with Gasteiger partial charge in [0.05, 0.1) is 18.8 Å². The summed E-state index contributed by atoms with van der Waals surface area (Å²) >= 11 is 0. The van der Waals surface area contributed by atoms with Crippen LogP contribution < -0.4 is 14.8 Å². The molecule has 6 heteroatoms. The molecule has 1 N–H and O–H groups in total. The predicted octanol–water partition coefficient (Wildman–Crippen LogP) is 3.92.